The summed E-state index contributed by atoms with van der Waals surface area (Å²) in [4.78, 5) is 45.7. The van der Waals surface area contributed by atoms with Gasteiger partial charge < -0.3 is 0 Å². The van der Waals surface area contributed by atoms with Crippen molar-refractivity contribution in [3.05, 3.63) is 142 Å². The minimum absolute atomic E-state index is 0.188. The second-order valence-corrected chi connectivity index (χ2v) is 10.8. The summed E-state index contributed by atoms with van der Waals surface area (Å²) in [7, 11) is 0. The van der Waals surface area contributed by atoms with Crippen LogP contribution < -0.4 is 0 Å². The predicted octanol–water partition coefficient (Wildman–Crippen LogP) is 6.35. The van der Waals surface area contributed by atoms with E-state index in [1.165, 1.54) is 5.56 Å². The molecule has 0 bridgehead atoms. The molecule has 4 aromatic rings. The molecule has 0 N–H and O–H groups in total. The highest BCUT2D eigenvalue weighted by Crippen LogP contribution is 2.61. The van der Waals surface area contributed by atoms with Crippen LogP contribution in [-0.2, 0) is 6.42 Å². The lowest BCUT2D eigenvalue weighted by Crippen LogP contribution is -2.60. The Hall–Kier alpha value is -3.86. The number of nitrogens with zero attached hydrogens (tertiary/aromatic N) is 1. The van der Waals surface area contributed by atoms with Crippen LogP contribution >= 0.6 is 11.6 Å². The lowest BCUT2D eigenvalue weighted by Gasteiger charge is -2.41. The molecular formula is C33H24ClNO3. The van der Waals surface area contributed by atoms with Crippen molar-refractivity contribution in [3.8, 4) is 0 Å². The highest BCUT2D eigenvalue weighted by molar-refractivity contribution is 6.35. The van der Waals surface area contributed by atoms with E-state index >= 15 is 0 Å². The van der Waals surface area contributed by atoms with Gasteiger partial charge in [-0.25, -0.2) is 0 Å². The summed E-state index contributed by atoms with van der Waals surface area (Å²) in [5.41, 5.74) is 2.84. The van der Waals surface area contributed by atoms with Gasteiger partial charge in [-0.05, 0) is 35.2 Å². The molecule has 1 aliphatic carbocycles. The Labute approximate surface area is 225 Å². The minimum atomic E-state index is -1.61. The maximum absolute atomic E-state index is 14.6. The number of carbonyl (C=O) groups is 3. The van der Waals surface area contributed by atoms with Gasteiger partial charge in [0.25, 0.3) is 0 Å². The Morgan fingerprint density at radius 3 is 2.05 bits per heavy atom. The summed E-state index contributed by atoms with van der Waals surface area (Å²) in [6.07, 6.45) is 0.699. The van der Waals surface area contributed by atoms with Gasteiger partial charge in [0.05, 0.1) is 5.92 Å². The van der Waals surface area contributed by atoms with Crippen molar-refractivity contribution in [1.29, 1.82) is 0 Å². The van der Waals surface area contributed by atoms with E-state index in [4.69, 9.17) is 11.6 Å². The average Bonchev–Trinajstić information content (AvgIpc) is 3.40. The molecule has 7 rings (SSSR count). The largest absolute Gasteiger partial charge is 0.294 e. The maximum atomic E-state index is 14.6. The number of carbonyl (C=O) groups excluding carboxylic acids is 3. The van der Waals surface area contributed by atoms with Gasteiger partial charge in [-0.3, -0.25) is 19.3 Å². The molecule has 1 fully saturated rings. The summed E-state index contributed by atoms with van der Waals surface area (Å²) >= 11 is 6.27. The second kappa shape index (κ2) is 8.59. The van der Waals surface area contributed by atoms with E-state index in [0.717, 1.165) is 11.1 Å². The van der Waals surface area contributed by atoms with Crippen LogP contribution in [0.4, 0.5) is 0 Å². The van der Waals surface area contributed by atoms with Crippen LogP contribution in [0.5, 0.6) is 0 Å². The molecule has 1 saturated heterocycles. The van der Waals surface area contributed by atoms with E-state index in [1.807, 2.05) is 54.6 Å². The van der Waals surface area contributed by atoms with Gasteiger partial charge in [-0.1, -0.05) is 103 Å². The number of hydrogen-bond donors (Lipinski definition) is 0. The molecule has 0 aromatic heterocycles. The fraction of sp³-hybridized carbons (Fsp3) is 0.182. The van der Waals surface area contributed by atoms with Gasteiger partial charge >= 0.3 is 0 Å². The first-order valence-electron chi connectivity index (χ1n) is 12.9. The monoisotopic (exact) mass is 517 g/mol. The van der Waals surface area contributed by atoms with Crippen molar-refractivity contribution in [2.75, 3.05) is 6.54 Å². The first kappa shape index (κ1) is 23.3. The van der Waals surface area contributed by atoms with E-state index in [1.54, 1.807) is 36.4 Å². The molecule has 3 atom stereocenters. The summed E-state index contributed by atoms with van der Waals surface area (Å²) < 4.78 is 0. The Morgan fingerprint density at radius 1 is 0.763 bits per heavy atom. The zero-order valence-electron chi connectivity index (χ0n) is 20.5. The van der Waals surface area contributed by atoms with E-state index in [0.29, 0.717) is 34.7 Å². The van der Waals surface area contributed by atoms with Gasteiger partial charge in [0.1, 0.15) is 0 Å². The number of Topliss-reactive ketones (excluding diaryl/α,β-unsaturated/α-hetero) is 3. The van der Waals surface area contributed by atoms with Crippen LogP contribution in [0.25, 0.3) is 0 Å². The molecule has 0 unspecified atom stereocenters. The number of halogens is 1. The van der Waals surface area contributed by atoms with Crippen molar-refractivity contribution in [3.63, 3.8) is 0 Å². The zero-order valence-corrected chi connectivity index (χ0v) is 21.3. The minimum Gasteiger partial charge on any atom is -0.294 e. The van der Waals surface area contributed by atoms with Crippen molar-refractivity contribution < 1.29 is 14.4 Å². The topological polar surface area (TPSA) is 54.5 Å². The summed E-state index contributed by atoms with van der Waals surface area (Å²) in [5, 5.41) is 0.591. The maximum Gasteiger partial charge on any atom is 0.192 e. The zero-order chi connectivity index (χ0) is 26.0. The molecule has 186 valence electrons. The van der Waals surface area contributed by atoms with Crippen molar-refractivity contribution in [2.45, 2.75) is 23.9 Å². The van der Waals surface area contributed by atoms with Crippen LogP contribution in [-0.4, -0.2) is 34.3 Å². The molecular weight excluding hydrogens is 494 g/mol. The fourth-order valence-electron chi connectivity index (χ4n) is 7.13. The first-order chi connectivity index (χ1) is 18.5. The molecule has 0 amide bonds. The highest BCUT2D eigenvalue weighted by atomic mass is 35.5. The molecule has 0 radical (unpaired) electrons. The number of ketones is 3. The van der Waals surface area contributed by atoms with E-state index < -0.39 is 17.4 Å². The Bertz CT molecular complexity index is 1580. The van der Waals surface area contributed by atoms with Gasteiger partial charge in [0, 0.05) is 40.2 Å². The Kier molecular flexibility index (Phi) is 5.26. The van der Waals surface area contributed by atoms with Gasteiger partial charge in [0.2, 0.25) is 0 Å². The van der Waals surface area contributed by atoms with Gasteiger partial charge in [-0.2, -0.15) is 0 Å². The molecule has 3 aliphatic rings. The van der Waals surface area contributed by atoms with Crippen molar-refractivity contribution >= 4 is 29.0 Å². The SMILES string of the molecule is O=C(c1ccccc1)[C@H]1[C@H](c2ccc(Cl)cc2)[C@H]2c3ccccc3CCN2C12C(=O)c1ccccc1C2=O. The van der Waals surface area contributed by atoms with Crippen molar-refractivity contribution in [1.82, 2.24) is 4.90 Å². The van der Waals surface area contributed by atoms with Crippen LogP contribution in [0.15, 0.2) is 103 Å². The fourth-order valence-corrected chi connectivity index (χ4v) is 7.26. The molecule has 4 aromatic carbocycles. The molecule has 1 spiro atoms. The Morgan fingerprint density at radius 2 is 1.37 bits per heavy atom. The summed E-state index contributed by atoms with van der Waals surface area (Å²) in [6.45, 7) is 0.510. The normalized spacial score (nSPS) is 23.2. The van der Waals surface area contributed by atoms with Crippen LogP contribution in [0, 0.1) is 5.92 Å². The van der Waals surface area contributed by atoms with Crippen LogP contribution in [0.2, 0.25) is 5.02 Å². The molecule has 2 heterocycles. The third kappa shape index (κ3) is 3.05. The van der Waals surface area contributed by atoms with Crippen molar-refractivity contribution in [2.24, 2.45) is 5.92 Å². The number of benzene rings is 4. The van der Waals surface area contributed by atoms with Crippen LogP contribution in [0.1, 0.15) is 59.7 Å². The number of fused-ring (bicyclic) bond motifs is 5. The lowest BCUT2D eigenvalue weighted by molar-refractivity contribution is 0.0409. The number of rotatable bonds is 3. The molecule has 4 nitrogen and oxygen atoms in total. The molecule has 38 heavy (non-hydrogen) atoms. The summed E-state index contributed by atoms with van der Waals surface area (Å²) in [5.74, 6) is -2.06. The molecule has 0 saturated carbocycles. The Balaban J connectivity index is 1.55. The third-order valence-corrected chi connectivity index (χ3v) is 8.89. The smallest absolute Gasteiger partial charge is 0.192 e. The quantitative estimate of drug-likeness (QED) is 0.234. The summed E-state index contributed by atoms with van der Waals surface area (Å²) in [6, 6.07) is 31.4. The molecule has 5 heteroatoms. The molecule has 2 aliphatic heterocycles. The van der Waals surface area contributed by atoms with E-state index in [-0.39, 0.29) is 23.4 Å². The third-order valence-electron chi connectivity index (χ3n) is 8.64. The van der Waals surface area contributed by atoms with Crippen LogP contribution in [0.3, 0.4) is 0 Å². The lowest BCUT2D eigenvalue weighted by atomic mass is 9.69. The van der Waals surface area contributed by atoms with Gasteiger partial charge in [-0.15, -0.1) is 0 Å². The number of hydrogen-bond acceptors (Lipinski definition) is 4. The highest BCUT2D eigenvalue weighted by Gasteiger charge is 2.72. The predicted molar refractivity (Wildman–Crippen MR) is 146 cm³/mol. The second-order valence-electron chi connectivity index (χ2n) is 10.3. The standard InChI is InChI=1S/C33H24ClNO3/c34-23-16-14-21(15-17-23)27-28(30(36)22-9-2-1-3-10-22)33(31(37)25-12-6-7-13-26(25)32(33)38)35-19-18-20-8-4-5-11-24(20)29(27)35/h1-17,27-29H,18-19H2/t27-,28+,29+/m0/s1. The first-order valence-corrected chi connectivity index (χ1v) is 13.3. The van der Waals surface area contributed by atoms with Gasteiger partial charge in [0.15, 0.2) is 22.9 Å². The van der Waals surface area contributed by atoms with E-state index in [9.17, 15) is 14.4 Å². The average molecular weight is 518 g/mol. The van der Waals surface area contributed by atoms with E-state index in [2.05, 4.69) is 17.0 Å².